The molecule has 3 rings (SSSR count). The van der Waals surface area contributed by atoms with Gasteiger partial charge in [0.25, 0.3) is 0 Å². The van der Waals surface area contributed by atoms with Gasteiger partial charge in [-0.1, -0.05) is 29.8 Å². The van der Waals surface area contributed by atoms with Crippen LogP contribution in [0.5, 0.6) is 11.5 Å². The maximum atomic E-state index is 12.3. The number of aromatic hydroxyl groups is 1. The van der Waals surface area contributed by atoms with Gasteiger partial charge in [-0.2, -0.15) is 0 Å². The van der Waals surface area contributed by atoms with Gasteiger partial charge in [0.05, 0.1) is 19.3 Å². The number of rotatable bonds is 5. The molecule has 2 N–H and O–H groups in total. The molecule has 1 aliphatic rings. The zero-order valence-corrected chi connectivity index (χ0v) is 15.3. The van der Waals surface area contributed by atoms with E-state index in [1.807, 2.05) is 12.1 Å². The van der Waals surface area contributed by atoms with Crippen molar-refractivity contribution in [2.75, 3.05) is 32.1 Å². The van der Waals surface area contributed by atoms with Gasteiger partial charge in [0, 0.05) is 18.1 Å². The molecule has 0 radical (unpaired) electrons. The summed E-state index contributed by atoms with van der Waals surface area (Å²) in [5, 5.41) is 12.8. The van der Waals surface area contributed by atoms with Gasteiger partial charge in [-0.15, -0.1) is 0 Å². The van der Waals surface area contributed by atoms with Crippen LogP contribution in [0.1, 0.15) is 12.0 Å². The first kappa shape index (κ1) is 18.3. The van der Waals surface area contributed by atoms with E-state index in [0.717, 1.165) is 18.5 Å². The second-order valence-corrected chi connectivity index (χ2v) is 6.59. The fourth-order valence-electron chi connectivity index (χ4n) is 2.96. The number of nitrogens with one attached hydrogen (secondary N) is 1. The first-order chi connectivity index (χ1) is 12.5. The summed E-state index contributed by atoms with van der Waals surface area (Å²) in [6.07, 6.45) is 2.99. The molecular formula is C20H21ClN2O3. The Morgan fingerprint density at radius 3 is 2.69 bits per heavy atom. The molecule has 0 aromatic heterocycles. The van der Waals surface area contributed by atoms with Crippen molar-refractivity contribution >= 4 is 28.8 Å². The van der Waals surface area contributed by atoms with Crippen LogP contribution >= 0.6 is 11.6 Å². The highest BCUT2D eigenvalue weighted by molar-refractivity contribution is 6.31. The van der Waals surface area contributed by atoms with E-state index in [2.05, 4.69) is 16.3 Å². The lowest BCUT2D eigenvalue weighted by molar-refractivity contribution is -0.117. The second kappa shape index (κ2) is 8.25. The minimum Gasteiger partial charge on any atom is -0.508 e. The van der Waals surface area contributed by atoms with Crippen LogP contribution < -0.4 is 10.1 Å². The number of anilines is 1. The quantitative estimate of drug-likeness (QED) is 0.838. The molecule has 1 heterocycles. The van der Waals surface area contributed by atoms with E-state index in [1.165, 1.54) is 5.57 Å². The van der Waals surface area contributed by atoms with E-state index in [9.17, 15) is 9.90 Å². The average molecular weight is 373 g/mol. The molecule has 0 fully saturated rings. The van der Waals surface area contributed by atoms with Gasteiger partial charge in [0.1, 0.15) is 11.5 Å². The van der Waals surface area contributed by atoms with Crippen molar-refractivity contribution in [3.05, 3.63) is 59.1 Å². The number of ether oxygens (including phenoxy) is 1. The molecule has 2 aromatic carbocycles. The van der Waals surface area contributed by atoms with Gasteiger partial charge in [-0.25, -0.2) is 0 Å². The number of halogens is 1. The van der Waals surface area contributed by atoms with Gasteiger partial charge in [-0.05, 0) is 47.9 Å². The summed E-state index contributed by atoms with van der Waals surface area (Å²) in [4.78, 5) is 14.4. The number of nitrogens with zero attached hydrogens (tertiary/aromatic N) is 1. The summed E-state index contributed by atoms with van der Waals surface area (Å²) in [5.74, 6) is 0.739. The van der Waals surface area contributed by atoms with E-state index >= 15 is 0 Å². The van der Waals surface area contributed by atoms with E-state index in [1.54, 1.807) is 37.4 Å². The highest BCUT2D eigenvalue weighted by atomic mass is 35.5. The van der Waals surface area contributed by atoms with Crippen molar-refractivity contribution in [1.82, 2.24) is 4.90 Å². The Balaban J connectivity index is 1.58. The number of methoxy groups -OCH3 is 1. The zero-order valence-electron chi connectivity index (χ0n) is 14.5. The molecule has 2 aromatic rings. The van der Waals surface area contributed by atoms with Crippen LogP contribution in [-0.4, -0.2) is 42.7 Å². The molecule has 136 valence electrons. The maximum absolute atomic E-state index is 12.3. The number of phenols is 1. The Kier molecular flexibility index (Phi) is 5.81. The van der Waals surface area contributed by atoms with Crippen LogP contribution in [0.3, 0.4) is 0 Å². The van der Waals surface area contributed by atoms with E-state index in [0.29, 0.717) is 29.5 Å². The number of benzene rings is 2. The molecular weight excluding hydrogens is 352 g/mol. The number of phenolic OH excluding ortho intramolecular Hbond substituents is 1. The smallest absolute Gasteiger partial charge is 0.238 e. The Labute approximate surface area is 157 Å². The average Bonchev–Trinajstić information content (AvgIpc) is 2.63. The van der Waals surface area contributed by atoms with E-state index in [4.69, 9.17) is 16.3 Å². The standard InChI is InChI=1S/C20H21ClN2O3/c1-26-19-7-4-16(21)12-18(19)22-20(25)13-23-10-8-15(9-11-23)14-2-5-17(24)6-3-14/h2-8,12,24H,9-11,13H2,1H3,(H,22,25). The van der Waals surface area contributed by atoms with Crippen molar-refractivity contribution in [2.45, 2.75) is 6.42 Å². The van der Waals surface area contributed by atoms with Gasteiger partial charge in [0.15, 0.2) is 0 Å². The maximum Gasteiger partial charge on any atom is 0.238 e. The second-order valence-electron chi connectivity index (χ2n) is 6.15. The molecule has 0 atom stereocenters. The van der Waals surface area contributed by atoms with Gasteiger partial charge in [-0.3, -0.25) is 9.69 Å². The third kappa shape index (κ3) is 4.56. The van der Waals surface area contributed by atoms with Gasteiger partial charge in [0.2, 0.25) is 5.91 Å². The summed E-state index contributed by atoms with van der Waals surface area (Å²) in [6, 6.07) is 12.3. The van der Waals surface area contributed by atoms with E-state index in [-0.39, 0.29) is 11.7 Å². The first-order valence-electron chi connectivity index (χ1n) is 8.39. The fraction of sp³-hybridized carbons (Fsp3) is 0.250. The minimum absolute atomic E-state index is 0.105. The predicted octanol–water partition coefficient (Wildman–Crippen LogP) is 3.78. The Morgan fingerprint density at radius 1 is 1.27 bits per heavy atom. The molecule has 1 aliphatic heterocycles. The lowest BCUT2D eigenvalue weighted by Crippen LogP contribution is -2.36. The molecule has 0 aliphatic carbocycles. The summed E-state index contributed by atoms with van der Waals surface area (Å²) in [6.45, 7) is 1.80. The van der Waals surface area contributed by atoms with Crippen LogP contribution in [0, 0.1) is 0 Å². The van der Waals surface area contributed by atoms with Crippen LogP contribution in [-0.2, 0) is 4.79 Å². The van der Waals surface area contributed by atoms with Crippen molar-refractivity contribution < 1.29 is 14.6 Å². The third-order valence-electron chi connectivity index (χ3n) is 4.33. The summed E-state index contributed by atoms with van der Waals surface area (Å²) in [5.41, 5.74) is 2.91. The fourth-order valence-corrected chi connectivity index (χ4v) is 3.14. The molecule has 1 amide bonds. The first-order valence-corrected chi connectivity index (χ1v) is 8.77. The molecule has 0 unspecified atom stereocenters. The van der Waals surface area contributed by atoms with Crippen LogP contribution in [0.15, 0.2) is 48.5 Å². The third-order valence-corrected chi connectivity index (χ3v) is 4.57. The van der Waals surface area contributed by atoms with Crippen LogP contribution in [0.4, 0.5) is 5.69 Å². The monoisotopic (exact) mass is 372 g/mol. The molecule has 5 nitrogen and oxygen atoms in total. The van der Waals surface area contributed by atoms with E-state index < -0.39 is 0 Å². The highest BCUT2D eigenvalue weighted by Crippen LogP contribution is 2.28. The topological polar surface area (TPSA) is 61.8 Å². The predicted molar refractivity (Wildman–Crippen MR) is 104 cm³/mol. The summed E-state index contributed by atoms with van der Waals surface area (Å²) < 4.78 is 5.25. The summed E-state index contributed by atoms with van der Waals surface area (Å²) in [7, 11) is 1.55. The lowest BCUT2D eigenvalue weighted by atomic mass is 9.99. The summed E-state index contributed by atoms with van der Waals surface area (Å²) >= 11 is 5.99. The van der Waals surface area contributed by atoms with Gasteiger partial charge < -0.3 is 15.2 Å². The Morgan fingerprint density at radius 2 is 2.04 bits per heavy atom. The van der Waals surface area contributed by atoms with Crippen LogP contribution in [0.25, 0.3) is 5.57 Å². The van der Waals surface area contributed by atoms with Crippen LogP contribution in [0.2, 0.25) is 5.02 Å². The minimum atomic E-state index is -0.105. The SMILES string of the molecule is COc1ccc(Cl)cc1NC(=O)CN1CC=C(c2ccc(O)cc2)CC1. The molecule has 0 bridgehead atoms. The number of carbonyl (C=O) groups excluding carboxylic acids is 1. The van der Waals surface area contributed by atoms with Gasteiger partial charge >= 0.3 is 0 Å². The molecule has 6 heteroatoms. The zero-order chi connectivity index (χ0) is 18.5. The number of amides is 1. The lowest BCUT2D eigenvalue weighted by Gasteiger charge is -2.26. The highest BCUT2D eigenvalue weighted by Gasteiger charge is 2.17. The Hall–Kier alpha value is -2.50. The molecule has 0 spiro atoms. The Bertz CT molecular complexity index is 818. The number of hydrogen-bond acceptors (Lipinski definition) is 4. The normalized spacial score (nSPS) is 14.6. The van der Waals surface area contributed by atoms with Crippen molar-refractivity contribution in [3.63, 3.8) is 0 Å². The molecule has 0 saturated carbocycles. The molecule has 0 saturated heterocycles. The largest absolute Gasteiger partial charge is 0.508 e. The van der Waals surface area contributed by atoms with Crippen molar-refractivity contribution in [2.24, 2.45) is 0 Å². The van der Waals surface area contributed by atoms with Crippen molar-refractivity contribution in [1.29, 1.82) is 0 Å². The number of hydrogen-bond donors (Lipinski definition) is 2. The van der Waals surface area contributed by atoms with Crippen molar-refractivity contribution in [3.8, 4) is 11.5 Å². The molecule has 26 heavy (non-hydrogen) atoms. The number of carbonyl (C=O) groups is 1.